The van der Waals surface area contributed by atoms with Gasteiger partial charge in [-0.2, -0.15) is 0 Å². The highest BCUT2D eigenvalue weighted by molar-refractivity contribution is 5.84. The molecule has 36 heavy (non-hydrogen) atoms. The Labute approximate surface area is 200 Å². The summed E-state index contributed by atoms with van der Waals surface area (Å²) >= 11 is 0. The average molecular weight is 504 g/mol. The van der Waals surface area contributed by atoms with Crippen LogP contribution in [0.5, 0.6) is 17.2 Å². The van der Waals surface area contributed by atoms with Crippen LogP contribution in [0.2, 0.25) is 0 Å². The highest BCUT2D eigenvalue weighted by atomic mass is 19.2. The Bertz CT molecular complexity index is 1530. The van der Waals surface area contributed by atoms with Crippen molar-refractivity contribution in [2.45, 2.75) is 20.0 Å². The number of ether oxygens (including phenoxy) is 3. The molecule has 186 valence electrons. The Balaban J connectivity index is 1.51. The molecule has 0 atom stereocenters. The van der Waals surface area contributed by atoms with Crippen LogP contribution in [0.4, 0.5) is 22.0 Å². The van der Waals surface area contributed by atoms with Gasteiger partial charge in [0.25, 0.3) is 0 Å². The molecule has 5 nitrogen and oxygen atoms in total. The van der Waals surface area contributed by atoms with Crippen LogP contribution in [-0.4, -0.2) is 13.2 Å². The molecule has 0 amide bonds. The van der Waals surface area contributed by atoms with Crippen molar-refractivity contribution in [1.82, 2.24) is 0 Å². The number of hydrogen-bond acceptors (Lipinski definition) is 5. The molecule has 10 heteroatoms. The zero-order valence-electron chi connectivity index (χ0n) is 18.7. The Morgan fingerprint density at radius 1 is 0.861 bits per heavy atom. The van der Waals surface area contributed by atoms with Crippen molar-refractivity contribution in [2.24, 2.45) is 0 Å². The maximum Gasteiger partial charge on any atom is 0.200 e. The lowest BCUT2D eigenvalue weighted by atomic mass is 10.0. The number of rotatable bonds is 5. The molecule has 0 fully saturated rings. The number of aryl methyl sites for hydroxylation is 1. The van der Waals surface area contributed by atoms with Gasteiger partial charge in [-0.3, -0.25) is 4.79 Å². The second kappa shape index (κ2) is 9.18. The number of benzene rings is 3. The SMILES string of the molecule is CCc1cc2c(=O)c(-c3ccc4c(c3)OCCO4)coc2cc1OCc1c(F)c(F)c(F)c(F)c1F. The van der Waals surface area contributed by atoms with Gasteiger partial charge in [-0.25, -0.2) is 22.0 Å². The molecule has 0 spiro atoms. The highest BCUT2D eigenvalue weighted by Crippen LogP contribution is 2.35. The summed E-state index contributed by atoms with van der Waals surface area (Å²) in [7, 11) is 0. The summed E-state index contributed by atoms with van der Waals surface area (Å²) in [4.78, 5) is 13.3. The second-order valence-corrected chi connectivity index (χ2v) is 7.98. The van der Waals surface area contributed by atoms with Gasteiger partial charge in [0, 0.05) is 6.07 Å². The zero-order valence-corrected chi connectivity index (χ0v) is 18.7. The molecule has 0 saturated carbocycles. The number of halogens is 5. The molecule has 3 aromatic carbocycles. The summed E-state index contributed by atoms with van der Waals surface area (Å²) < 4.78 is 90.5. The van der Waals surface area contributed by atoms with Crippen LogP contribution in [-0.2, 0) is 13.0 Å². The fourth-order valence-corrected chi connectivity index (χ4v) is 3.95. The highest BCUT2D eigenvalue weighted by Gasteiger charge is 2.26. The van der Waals surface area contributed by atoms with Gasteiger partial charge >= 0.3 is 0 Å². The van der Waals surface area contributed by atoms with Gasteiger partial charge in [0.15, 0.2) is 34.8 Å². The Kier molecular flexibility index (Phi) is 6.03. The van der Waals surface area contributed by atoms with Gasteiger partial charge in [-0.1, -0.05) is 13.0 Å². The van der Waals surface area contributed by atoms with Crippen LogP contribution in [0, 0.1) is 29.1 Å². The summed E-state index contributed by atoms with van der Waals surface area (Å²) in [5.74, 6) is -9.16. The van der Waals surface area contributed by atoms with E-state index in [1.54, 1.807) is 25.1 Å². The van der Waals surface area contributed by atoms with Crippen LogP contribution in [0.15, 0.2) is 45.8 Å². The molecule has 0 N–H and O–H groups in total. The van der Waals surface area contributed by atoms with Gasteiger partial charge in [0.2, 0.25) is 11.2 Å². The first kappa shape index (κ1) is 23.7. The molecule has 5 rings (SSSR count). The third-order valence-corrected chi connectivity index (χ3v) is 5.86. The fourth-order valence-electron chi connectivity index (χ4n) is 3.95. The smallest absolute Gasteiger partial charge is 0.200 e. The predicted molar refractivity (Wildman–Crippen MR) is 119 cm³/mol. The van der Waals surface area contributed by atoms with E-state index in [4.69, 9.17) is 18.6 Å². The van der Waals surface area contributed by atoms with Crippen molar-refractivity contribution in [1.29, 1.82) is 0 Å². The lowest BCUT2D eigenvalue weighted by Gasteiger charge is -2.18. The summed E-state index contributed by atoms with van der Waals surface area (Å²) in [6.45, 7) is 1.64. The fraction of sp³-hybridized carbons (Fsp3) is 0.192. The molecule has 0 saturated heterocycles. The third kappa shape index (κ3) is 3.92. The normalized spacial score (nSPS) is 12.7. The Hall–Kier alpha value is -4.08. The molecular weight excluding hydrogens is 487 g/mol. The molecule has 1 aliphatic rings. The van der Waals surface area contributed by atoms with E-state index in [-0.39, 0.29) is 27.7 Å². The predicted octanol–water partition coefficient (Wildman–Crippen LogP) is 6.07. The average Bonchev–Trinajstić information content (AvgIpc) is 2.90. The minimum Gasteiger partial charge on any atom is -0.488 e. The van der Waals surface area contributed by atoms with Gasteiger partial charge in [0.1, 0.15) is 37.4 Å². The second-order valence-electron chi connectivity index (χ2n) is 7.98. The molecule has 0 bridgehead atoms. The molecule has 1 aromatic heterocycles. The minimum absolute atomic E-state index is 0.0733. The number of fused-ring (bicyclic) bond motifs is 2. The zero-order chi connectivity index (χ0) is 25.6. The molecule has 0 radical (unpaired) electrons. The van der Waals surface area contributed by atoms with E-state index in [1.165, 1.54) is 18.4 Å². The van der Waals surface area contributed by atoms with E-state index in [0.717, 1.165) is 0 Å². The van der Waals surface area contributed by atoms with Gasteiger partial charge in [-0.15, -0.1) is 0 Å². The maximum atomic E-state index is 14.0. The lowest BCUT2D eigenvalue weighted by molar-refractivity contribution is 0.171. The van der Waals surface area contributed by atoms with E-state index >= 15 is 0 Å². The first-order chi connectivity index (χ1) is 17.3. The van der Waals surface area contributed by atoms with Crippen molar-refractivity contribution < 1.29 is 40.6 Å². The van der Waals surface area contributed by atoms with Crippen LogP contribution in [0.1, 0.15) is 18.1 Å². The van der Waals surface area contributed by atoms with E-state index in [1.807, 2.05) is 0 Å². The molecular formula is C26H17F5O5. The standard InChI is InChI=1S/C26H17F5O5/c1-2-12-7-14-19(9-18(12)35-11-16-21(27)23(29)25(31)24(30)22(16)28)36-10-15(26(14)32)13-3-4-17-20(8-13)34-6-5-33-17/h3-4,7-10H,2,5-6,11H2,1H3. The van der Waals surface area contributed by atoms with Crippen LogP contribution in [0.25, 0.3) is 22.1 Å². The largest absolute Gasteiger partial charge is 0.488 e. The Morgan fingerprint density at radius 2 is 1.53 bits per heavy atom. The summed E-state index contributed by atoms with van der Waals surface area (Å²) in [5, 5.41) is 0.225. The van der Waals surface area contributed by atoms with E-state index in [2.05, 4.69) is 0 Å². The molecule has 2 heterocycles. The minimum atomic E-state index is -2.25. The molecule has 0 unspecified atom stereocenters. The van der Waals surface area contributed by atoms with E-state index in [0.29, 0.717) is 42.3 Å². The maximum absolute atomic E-state index is 14.0. The van der Waals surface area contributed by atoms with Crippen molar-refractivity contribution in [3.05, 3.63) is 87.0 Å². The topological polar surface area (TPSA) is 57.9 Å². The first-order valence-corrected chi connectivity index (χ1v) is 10.9. The van der Waals surface area contributed by atoms with Gasteiger partial charge in [-0.05, 0) is 35.7 Å². The van der Waals surface area contributed by atoms with Crippen LogP contribution >= 0.6 is 0 Å². The summed E-state index contributed by atoms with van der Waals surface area (Å²) in [5.41, 5.74) is -0.0296. The van der Waals surface area contributed by atoms with E-state index < -0.39 is 41.3 Å². The summed E-state index contributed by atoms with van der Waals surface area (Å²) in [6, 6.07) is 7.93. The van der Waals surface area contributed by atoms with E-state index in [9.17, 15) is 26.7 Å². The third-order valence-electron chi connectivity index (χ3n) is 5.86. The van der Waals surface area contributed by atoms with Gasteiger partial charge in [0.05, 0.1) is 16.5 Å². The number of hydrogen-bond donors (Lipinski definition) is 0. The molecule has 0 aliphatic carbocycles. The van der Waals surface area contributed by atoms with Crippen LogP contribution in [0.3, 0.4) is 0 Å². The molecule has 4 aromatic rings. The Morgan fingerprint density at radius 3 is 2.22 bits per heavy atom. The van der Waals surface area contributed by atoms with Gasteiger partial charge < -0.3 is 18.6 Å². The lowest BCUT2D eigenvalue weighted by Crippen LogP contribution is -2.15. The van der Waals surface area contributed by atoms with Crippen LogP contribution < -0.4 is 19.6 Å². The van der Waals surface area contributed by atoms with Crippen molar-refractivity contribution in [2.75, 3.05) is 13.2 Å². The van der Waals surface area contributed by atoms with Crippen molar-refractivity contribution in [3.63, 3.8) is 0 Å². The quantitative estimate of drug-likeness (QED) is 0.188. The monoisotopic (exact) mass is 504 g/mol. The summed E-state index contributed by atoms with van der Waals surface area (Å²) in [6.07, 6.45) is 1.60. The first-order valence-electron chi connectivity index (χ1n) is 10.9. The molecule has 1 aliphatic heterocycles. The van der Waals surface area contributed by atoms with Crippen molar-refractivity contribution >= 4 is 11.0 Å². The van der Waals surface area contributed by atoms with Crippen molar-refractivity contribution in [3.8, 4) is 28.4 Å².